The van der Waals surface area contributed by atoms with Gasteiger partial charge in [-0.25, -0.2) is 9.78 Å². The van der Waals surface area contributed by atoms with Crippen molar-refractivity contribution in [2.24, 2.45) is 14.1 Å². The van der Waals surface area contributed by atoms with Crippen molar-refractivity contribution in [3.8, 4) is 0 Å². The summed E-state index contributed by atoms with van der Waals surface area (Å²) in [5, 5.41) is 9.21. The Morgan fingerprint density at radius 1 is 1.04 bits per heavy atom. The molecule has 0 aliphatic rings. The first-order valence-corrected chi connectivity index (χ1v) is 8.74. The van der Waals surface area contributed by atoms with Crippen LogP contribution in [0.3, 0.4) is 0 Å². The Morgan fingerprint density at radius 3 is 2.33 bits per heavy atom. The van der Waals surface area contributed by atoms with E-state index in [1.165, 1.54) is 17.4 Å². The molecule has 0 saturated heterocycles. The number of H-pyrrole nitrogens is 1. The monoisotopic (exact) mass is 336 g/mol. The molecule has 134 valence electrons. The highest BCUT2D eigenvalue weighted by atomic mass is 16.3. The third kappa shape index (κ3) is 4.35. The molecule has 0 spiro atoms. The van der Waals surface area contributed by atoms with Gasteiger partial charge in [0.25, 0.3) is 5.56 Å². The predicted octanol–water partition coefficient (Wildman–Crippen LogP) is 1.61. The van der Waals surface area contributed by atoms with Gasteiger partial charge in [-0.2, -0.15) is 0 Å². The van der Waals surface area contributed by atoms with Gasteiger partial charge >= 0.3 is 5.69 Å². The molecule has 24 heavy (non-hydrogen) atoms. The van der Waals surface area contributed by atoms with E-state index < -0.39 is 5.69 Å². The summed E-state index contributed by atoms with van der Waals surface area (Å²) >= 11 is 0. The molecule has 0 aromatic carbocycles. The summed E-state index contributed by atoms with van der Waals surface area (Å²) in [6.07, 6.45) is 8.22. The summed E-state index contributed by atoms with van der Waals surface area (Å²) in [7, 11) is 3.44. The van der Waals surface area contributed by atoms with Crippen molar-refractivity contribution in [1.29, 1.82) is 0 Å². The molecule has 2 aromatic heterocycles. The standard InChI is InChI=1S/C17H28N4O3/c1-12(22)10-8-6-4-5-7-9-11-13-18-15-14(20(13)2)16(23)19-17(24)21(15)3/h12,22H,4-11H2,1-3H3,(H,19,23,24). The number of hydrogen-bond donors (Lipinski definition) is 2. The van der Waals surface area contributed by atoms with Crippen LogP contribution in [0.25, 0.3) is 11.2 Å². The minimum Gasteiger partial charge on any atom is -0.393 e. The fourth-order valence-corrected chi connectivity index (χ4v) is 3.01. The van der Waals surface area contributed by atoms with Crippen LogP contribution in [0.4, 0.5) is 0 Å². The second-order valence-corrected chi connectivity index (χ2v) is 6.59. The van der Waals surface area contributed by atoms with Gasteiger partial charge in [-0.15, -0.1) is 0 Å². The Labute approximate surface area is 141 Å². The van der Waals surface area contributed by atoms with Gasteiger partial charge in [-0.3, -0.25) is 14.3 Å². The number of rotatable bonds is 9. The SMILES string of the molecule is CC(O)CCCCCCCCc1nc2c(c(=O)[nH]c(=O)n2C)n1C. The Hall–Kier alpha value is -1.89. The number of aromatic nitrogens is 4. The molecule has 7 nitrogen and oxygen atoms in total. The van der Waals surface area contributed by atoms with E-state index in [9.17, 15) is 14.7 Å². The number of aryl methyl sites for hydroxylation is 3. The van der Waals surface area contributed by atoms with E-state index in [1.807, 2.05) is 14.0 Å². The maximum atomic E-state index is 12.0. The molecule has 0 amide bonds. The summed E-state index contributed by atoms with van der Waals surface area (Å²) in [4.78, 5) is 30.4. The minimum atomic E-state index is -0.436. The summed E-state index contributed by atoms with van der Waals surface area (Å²) in [6, 6.07) is 0. The van der Waals surface area contributed by atoms with E-state index in [0.717, 1.165) is 44.3 Å². The molecule has 0 aliphatic carbocycles. The van der Waals surface area contributed by atoms with Crippen molar-refractivity contribution < 1.29 is 5.11 Å². The Balaban J connectivity index is 1.87. The molecule has 0 fully saturated rings. The molecule has 1 unspecified atom stereocenters. The van der Waals surface area contributed by atoms with Gasteiger partial charge < -0.3 is 9.67 Å². The number of nitrogens with one attached hydrogen (secondary N) is 1. The summed E-state index contributed by atoms with van der Waals surface area (Å²) < 4.78 is 3.17. The average Bonchev–Trinajstić information content (AvgIpc) is 2.85. The van der Waals surface area contributed by atoms with Crippen LogP contribution < -0.4 is 11.2 Å². The molecular weight excluding hydrogens is 308 g/mol. The fourth-order valence-electron chi connectivity index (χ4n) is 3.01. The average molecular weight is 336 g/mol. The highest BCUT2D eigenvalue weighted by molar-refractivity contribution is 5.70. The second kappa shape index (κ2) is 8.28. The number of unbranched alkanes of at least 4 members (excludes halogenated alkanes) is 5. The highest BCUT2D eigenvalue weighted by Gasteiger charge is 2.14. The number of aliphatic hydroxyl groups is 1. The molecule has 1 atom stereocenters. The Bertz CT molecular complexity index is 785. The lowest BCUT2D eigenvalue weighted by atomic mass is 10.1. The lowest BCUT2D eigenvalue weighted by molar-refractivity contribution is 0.180. The van der Waals surface area contributed by atoms with Crippen molar-refractivity contribution in [3.63, 3.8) is 0 Å². The molecule has 0 saturated carbocycles. The van der Waals surface area contributed by atoms with Gasteiger partial charge in [0, 0.05) is 20.5 Å². The number of imidazole rings is 1. The summed E-state index contributed by atoms with van der Waals surface area (Å²) in [5.74, 6) is 0.839. The predicted molar refractivity (Wildman–Crippen MR) is 94.3 cm³/mol. The van der Waals surface area contributed by atoms with E-state index in [0.29, 0.717) is 11.2 Å². The number of nitrogens with zero attached hydrogens (tertiary/aromatic N) is 3. The van der Waals surface area contributed by atoms with Crippen LogP contribution in [-0.2, 0) is 20.5 Å². The quantitative estimate of drug-likeness (QED) is 0.681. The summed E-state index contributed by atoms with van der Waals surface area (Å²) in [6.45, 7) is 1.83. The van der Waals surface area contributed by atoms with Crippen molar-refractivity contribution in [2.45, 2.75) is 64.4 Å². The summed E-state index contributed by atoms with van der Waals surface area (Å²) in [5.41, 5.74) is 0.0754. The normalized spacial score (nSPS) is 12.8. The molecule has 2 N–H and O–H groups in total. The molecule has 2 heterocycles. The van der Waals surface area contributed by atoms with Crippen LogP contribution in [0, 0.1) is 0 Å². The third-order valence-electron chi connectivity index (χ3n) is 4.50. The maximum Gasteiger partial charge on any atom is 0.329 e. The van der Waals surface area contributed by atoms with Gasteiger partial charge in [0.05, 0.1) is 6.10 Å². The van der Waals surface area contributed by atoms with E-state index in [-0.39, 0.29) is 11.7 Å². The Kier molecular flexibility index (Phi) is 6.36. The van der Waals surface area contributed by atoms with Crippen molar-refractivity contribution in [2.75, 3.05) is 0 Å². The zero-order valence-electron chi connectivity index (χ0n) is 14.8. The highest BCUT2D eigenvalue weighted by Crippen LogP contribution is 2.13. The van der Waals surface area contributed by atoms with Crippen LogP contribution in [0.2, 0.25) is 0 Å². The van der Waals surface area contributed by atoms with Crippen molar-refractivity contribution >= 4 is 11.2 Å². The number of aromatic amines is 1. The number of fused-ring (bicyclic) bond motifs is 1. The smallest absolute Gasteiger partial charge is 0.329 e. The van der Waals surface area contributed by atoms with Crippen LogP contribution >= 0.6 is 0 Å². The van der Waals surface area contributed by atoms with Crippen LogP contribution in [-0.4, -0.2) is 30.3 Å². The van der Waals surface area contributed by atoms with Gasteiger partial charge in [-0.1, -0.05) is 32.1 Å². The van der Waals surface area contributed by atoms with Crippen molar-refractivity contribution in [1.82, 2.24) is 19.1 Å². The van der Waals surface area contributed by atoms with Crippen LogP contribution in [0.1, 0.15) is 57.7 Å². The second-order valence-electron chi connectivity index (χ2n) is 6.59. The molecule has 0 radical (unpaired) electrons. The number of aliphatic hydroxyl groups excluding tert-OH is 1. The van der Waals surface area contributed by atoms with E-state index in [4.69, 9.17) is 0 Å². The van der Waals surface area contributed by atoms with Gasteiger partial charge in [-0.05, 0) is 19.8 Å². The maximum absolute atomic E-state index is 12.0. The van der Waals surface area contributed by atoms with Crippen LogP contribution in [0.15, 0.2) is 9.59 Å². The molecule has 2 aromatic rings. The molecule has 7 heteroatoms. The fraction of sp³-hybridized carbons (Fsp3) is 0.706. The van der Waals surface area contributed by atoms with E-state index in [1.54, 1.807) is 11.6 Å². The van der Waals surface area contributed by atoms with Crippen molar-refractivity contribution in [3.05, 3.63) is 26.7 Å². The topological polar surface area (TPSA) is 92.9 Å². The largest absolute Gasteiger partial charge is 0.393 e. The lowest BCUT2D eigenvalue weighted by Crippen LogP contribution is -2.29. The van der Waals surface area contributed by atoms with Crippen LogP contribution in [0.5, 0.6) is 0 Å². The lowest BCUT2D eigenvalue weighted by Gasteiger charge is -2.04. The Morgan fingerprint density at radius 2 is 1.67 bits per heavy atom. The van der Waals surface area contributed by atoms with E-state index in [2.05, 4.69) is 9.97 Å². The zero-order chi connectivity index (χ0) is 17.7. The molecule has 2 rings (SSSR count). The molecular formula is C17H28N4O3. The number of hydrogen-bond acceptors (Lipinski definition) is 4. The van der Waals surface area contributed by atoms with E-state index >= 15 is 0 Å². The molecule has 0 aliphatic heterocycles. The first-order valence-electron chi connectivity index (χ1n) is 8.74. The zero-order valence-corrected chi connectivity index (χ0v) is 14.8. The van der Waals surface area contributed by atoms with Gasteiger partial charge in [0.1, 0.15) is 5.82 Å². The van der Waals surface area contributed by atoms with Gasteiger partial charge in [0.15, 0.2) is 11.2 Å². The van der Waals surface area contributed by atoms with Gasteiger partial charge in [0.2, 0.25) is 0 Å². The minimum absolute atomic E-state index is 0.193. The first-order chi connectivity index (χ1) is 11.4. The first kappa shape index (κ1) is 18.4. The molecule has 0 bridgehead atoms. The third-order valence-corrected chi connectivity index (χ3v) is 4.50.